The molecular weight excluding hydrogens is 328 g/mol. The molecule has 0 saturated heterocycles. The molecule has 3 rings (SSSR count). The van der Waals surface area contributed by atoms with E-state index < -0.39 is 0 Å². The van der Waals surface area contributed by atoms with Crippen LogP contribution in [-0.2, 0) is 10.9 Å². The molecule has 0 aromatic heterocycles. The number of hydrogen-bond donors (Lipinski definition) is 0. The van der Waals surface area contributed by atoms with Crippen molar-refractivity contribution in [1.29, 1.82) is 0 Å². The molecule has 0 spiro atoms. The highest BCUT2D eigenvalue weighted by Gasteiger charge is 2.45. The van der Waals surface area contributed by atoms with Crippen LogP contribution in [0.25, 0.3) is 0 Å². The lowest BCUT2D eigenvalue weighted by Gasteiger charge is -2.36. The van der Waals surface area contributed by atoms with Gasteiger partial charge in [0.1, 0.15) is 15.7 Å². The molecule has 0 unspecified atom stereocenters. The summed E-state index contributed by atoms with van der Waals surface area (Å²) in [5.41, 5.74) is 0. The Morgan fingerprint density at radius 3 is 0.900 bits per heavy atom. The molecule has 0 amide bonds. The predicted molar refractivity (Wildman–Crippen MR) is 88.0 cm³/mol. The second-order valence-corrected chi connectivity index (χ2v) is 10.0. The van der Waals surface area contributed by atoms with E-state index in [9.17, 15) is 0 Å². The lowest BCUT2D eigenvalue weighted by atomic mass is 9.99. The minimum Gasteiger partial charge on any atom is -1.00 e. The quantitative estimate of drug-likeness (QED) is 0.678. The topological polar surface area (TPSA) is 0 Å². The molecule has 0 aromatic rings. The fraction of sp³-hybridized carbons (Fsp3) is 1.00. The maximum Gasteiger partial charge on any atom is 0.118 e. The Morgan fingerprint density at radius 2 is 0.650 bits per heavy atom. The van der Waals surface area contributed by atoms with Crippen molar-refractivity contribution >= 4 is 10.9 Å². The average Bonchev–Trinajstić information content (AvgIpc) is 2.51. The third-order valence-electron chi connectivity index (χ3n) is 5.81. The molecule has 3 saturated carbocycles. The van der Waals surface area contributed by atoms with Gasteiger partial charge < -0.3 is 17.0 Å². The fourth-order valence-electron chi connectivity index (χ4n) is 4.83. The second-order valence-electron chi connectivity index (χ2n) is 7.19. The summed E-state index contributed by atoms with van der Waals surface area (Å²) in [6, 6.07) is 0. The maximum absolute atomic E-state index is 1.59. The van der Waals surface area contributed by atoms with E-state index in [2.05, 4.69) is 0 Å². The van der Waals surface area contributed by atoms with Crippen LogP contribution < -0.4 is 17.0 Å². The Balaban J connectivity index is 0.00000147. The van der Waals surface area contributed by atoms with Crippen LogP contribution in [0, 0.1) is 0 Å². The van der Waals surface area contributed by atoms with Crippen LogP contribution in [0.1, 0.15) is 96.3 Å². The van der Waals surface area contributed by atoms with Gasteiger partial charge in [-0.3, -0.25) is 0 Å². The number of halogens is 1. The summed E-state index contributed by atoms with van der Waals surface area (Å²) in [6.07, 6.45) is 23.4. The molecule has 0 bridgehead atoms. The third-order valence-corrected chi connectivity index (χ3v) is 9.53. The van der Waals surface area contributed by atoms with Gasteiger partial charge in [-0.2, -0.15) is 0 Å². The Kier molecular flexibility index (Phi) is 7.80. The zero-order valence-electron chi connectivity index (χ0n) is 13.1. The molecular formula is C18H33BrS. The first kappa shape index (κ1) is 17.2. The number of hydrogen-bond acceptors (Lipinski definition) is 0. The zero-order chi connectivity index (χ0) is 12.9. The Bertz CT molecular complexity index is 207. The van der Waals surface area contributed by atoms with E-state index in [0.29, 0.717) is 0 Å². The van der Waals surface area contributed by atoms with Crippen LogP contribution in [0.2, 0.25) is 0 Å². The molecule has 0 heterocycles. The monoisotopic (exact) mass is 360 g/mol. The summed E-state index contributed by atoms with van der Waals surface area (Å²) in [7, 11) is 0.816. The highest BCUT2D eigenvalue weighted by atomic mass is 79.9. The standard InChI is InChI=1S/C18H33S.BrH/c1-4-10-16(11-5-1)19(17-12-6-2-7-13-17)18-14-8-3-9-15-18;/h16-18H,1-15H2;1H/q+1;/p-1. The lowest BCUT2D eigenvalue weighted by Crippen LogP contribution is -3.00. The Morgan fingerprint density at radius 1 is 0.400 bits per heavy atom. The predicted octanol–water partition coefficient (Wildman–Crippen LogP) is 2.61. The molecule has 0 aromatic carbocycles. The summed E-state index contributed by atoms with van der Waals surface area (Å²) >= 11 is 0. The Hall–Kier alpha value is 0.830. The van der Waals surface area contributed by atoms with Crippen LogP contribution in [0.4, 0.5) is 0 Å². The van der Waals surface area contributed by atoms with Gasteiger partial charge in [0, 0.05) is 0 Å². The smallest absolute Gasteiger partial charge is 0.118 e. The maximum atomic E-state index is 1.59. The van der Waals surface area contributed by atoms with Crippen molar-refractivity contribution in [2.45, 2.75) is 112 Å². The van der Waals surface area contributed by atoms with E-state index in [1.807, 2.05) is 0 Å². The zero-order valence-corrected chi connectivity index (χ0v) is 15.5. The lowest BCUT2D eigenvalue weighted by molar-refractivity contribution is -0.00000399. The molecule has 3 aliphatic carbocycles. The van der Waals surface area contributed by atoms with Gasteiger partial charge >= 0.3 is 0 Å². The van der Waals surface area contributed by atoms with Crippen LogP contribution in [0.15, 0.2) is 0 Å². The Labute approximate surface area is 140 Å². The summed E-state index contributed by atoms with van der Waals surface area (Å²) < 4.78 is 0. The summed E-state index contributed by atoms with van der Waals surface area (Å²) in [4.78, 5) is 0. The average molecular weight is 361 g/mol. The van der Waals surface area contributed by atoms with Crippen molar-refractivity contribution < 1.29 is 17.0 Å². The van der Waals surface area contributed by atoms with Crippen molar-refractivity contribution in [3.8, 4) is 0 Å². The van der Waals surface area contributed by atoms with E-state index in [1.165, 1.54) is 19.3 Å². The van der Waals surface area contributed by atoms with Gasteiger partial charge in [-0.05, 0) is 87.9 Å². The van der Waals surface area contributed by atoms with Crippen molar-refractivity contribution in [2.75, 3.05) is 0 Å². The molecule has 0 N–H and O–H groups in total. The van der Waals surface area contributed by atoms with Crippen molar-refractivity contribution in [3.63, 3.8) is 0 Å². The van der Waals surface area contributed by atoms with E-state index in [4.69, 9.17) is 0 Å². The van der Waals surface area contributed by atoms with E-state index in [0.717, 1.165) is 26.6 Å². The summed E-state index contributed by atoms with van der Waals surface area (Å²) in [6.45, 7) is 0. The van der Waals surface area contributed by atoms with E-state index >= 15 is 0 Å². The highest BCUT2D eigenvalue weighted by Crippen LogP contribution is 2.40. The van der Waals surface area contributed by atoms with Gasteiger partial charge in [0.25, 0.3) is 0 Å². The molecule has 118 valence electrons. The largest absolute Gasteiger partial charge is 1.00 e. The fourth-order valence-corrected chi connectivity index (χ4v) is 9.09. The van der Waals surface area contributed by atoms with Gasteiger partial charge in [0.05, 0.1) is 0 Å². The van der Waals surface area contributed by atoms with Gasteiger partial charge in [-0.1, -0.05) is 19.3 Å². The summed E-state index contributed by atoms with van der Waals surface area (Å²) in [5.74, 6) is 0. The first-order valence-electron chi connectivity index (χ1n) is 9.16. The molecule has 3 aliphatic rings. The SMILES string of the molecule is C1CCC([S+](C2CCCCC2)C2CCCCC2)CC1.[Br-]. The first-order chi connectivity index (χ1) is 9.45. The van der Waals surface area contributed by atoms with Crippen molar-refractivity contribution in [1.82, 2.24) is 0 Å². The minimum absolute atomic E-state index is 0. The molecule has 2 heteroatoms. The third kappa shape index (κ3) is 4.41. The van der Waals surface area contributed by atoms with Gasteiger partial charge in [-0.15, -0.1) is 0 Å². The minimum atomic E-state index is 0. The molecule has 3 fully saturated rings. The molecule has 0 nitrogen and oxygen atoms in total. The van der Waals surface area contributed by atoms with Crippen molar-refractivity contribution in [2.24, 2.45) is 0 Å². The normalized spacial score (nSPS) is 27.4. The van der Waals surface area contributed by atoms with Gasteiger partial charge in [0.2, 0.25) is 0 Å². The number of rotatable bonds is 3. The van der Waals surface area contributed by atoms with Crippen LogP contribution in [-0.4, -0.2) is 15.7 Å². The highest BCUT2D eigenvalue weighted by molar-refractivity contribution is 7.98. The van der Waals surface area contributed by atoms with Crippen LogP contribution in [0.3, 0.4) is 0 Å². The van der Waals surface area contributed by atoms with E-state index in [-0.39, 0.29) is 17.0 Å². The second kappa shape index (κ2) is 9.08. The summed E-state index contributed by atoms with van der Waals surface area (Å²) in [5, 5.41) is 3.46. The molecule has 20 heavy (non-hydrogen) atoms. The molecule has 0 atom stereocenters. The van der Waals surface area contributed by atoms with Gasteiger partial charge in [0.15, 0.2) is 0 Å². The molecule has 0 radical (unpaired) electrons. The molecule has 0 aliphatic heterocycles. The van der Waals surface area contributed by atoms with Crippen LogP contribution >= 0.6 is 0 Å². The first-order valence-corrected chi connectivity index (χ1v) is 10.6. The van der Waals surface area contributed by atoms with Crippen LogP contribution in [0.5, 0.6) is 0 Å². The van der Waals surface area contributed by atoms with Crippen molar-refractivity contribution in [3.05, 3.63) is 0 Å². The van der Waals surface area contributed by atoms with E-state index in [1.54, 1.807) is 77.0 Å². The van der Waals surface area contributed by atoms with Gasteiger partial charge in [-0.25, -0.2) is 0 Å².